The minimum atomic E-state index is -0.761. The topological polar surface area (TPSA) is 81.2 Å². The number of thioether (sulfide) groups is 1. The van der Waals surface area contributed by atoms with Gasteiger partial charge >= 0.3 is 0 Å². The lowest BCUT2D eigenvalue weighted by molar-refractivity contribution is -0.144. The first-order valence-corrected chi connectivity index (χ1v) is 17.3. The molecule has 6 atom stereocenters. The van der Waals surface area contributed by atoms with Gasteiger partial charge in [-0.2, -0.15) is 0 Å². The van der Waals surface area contributed by atoms with E-state index < -0.39 is 22.6 Å². The molecule has 3 amide bonds. The highest BCUT2D eigenvalue weighted by atomic mass is 79.9. The molecule has 44 heavy (non-hydrogen) atoms. The lowest BCUT2D eigenvalue weighted by Crippen LogP contribution is -2.56. The van der Waals surface area contributed by atoms with Crippen LogP contribution in [0.25, 0.3) is 0 Å². The summed E-state index contributed by atoms with van der Waals surface area (Å²) in [6, 6.07) is 16.2. The number of anilines is 1. The van der Waals surface area contributed by atoms with Crippen molar-refractivity contribution in [3.8, 4) is 0 Å². The Labute approximate surface area is 277 Å². The summed E-state index contributed by atoms with van der Waals surface area (Å²) in [5.41, 5.74) is 1.68. The van der Waals surface area contributed by atoms with Crippen molar-refractivity contribution in [1.29, 1.82) is 0 Å². The van der Waals surface area contributed by atoms with Gasteiger partial charge in [-0.15, -0.1) is 24.9 Å². The van der Waals surface area contributed by atoms with Crippen LogP contribution in [0.2, 0.25) is 5.02 Å². The molecule has 3 fully saturated rings. The summed E-state index contributed by atoms with van der Waals surface area (Å²) in [6.07, 6.45) is 6.02. The van der Waals surface area contributed by atoms with E-state index in [1.807, 2.05) is 30.3 Å². The molecule has 7 nitrogen and oxygen atoms in total. The van der Waals surface area contributed by atoms with E-state index in [1.165, 1.54) is 0 Å². The smallest absolute Gasteiger partial charge is 0.251 e. The Bertz CT molecular complexity index is 1380. The maximum atomic E-state index is 14.7. The van der Waals surface area contributed by atoms with Crippen LogP contribution in [-0.2, 0) is 20.9 Å². The Balaban J connectivity index is 1.53. The zero-order chi connectivity index (χ0) is 31.4. The SMILES string of the molecule is C=CCN(Cc1ccccc1)C(=O)[C@H]1[C@@H]2SC3(CC2Br)C(C(=O)N(CC=C)c2ccc(Cl)cc2)N(CCCCCO)C(=O)[C@H]13. The number of alkyl halides is 1. The summed E-state index contributed by atoms with van der Waals surface area (Å²) in [4.78, 5) is 48.9. The molecule has 1 spiro atoms. The van der Waals surface area contributed by atoms with Crippen molar-refractivity contribution in [2.45, 2.75) is 53.1 Å². The highest BCUT2D eigenvalue weighted by molar-refractivity contribution is 9.09. The van der Waals surface area contributed by atoms with Gasteiger partial charge < -0.3 is 19.8 Å². The fraction of sp³-hybridized carbons (Fsp3) is 0.441. The molecule has 0 aromatic heterocycles. The van der Waals surface area contributed by atoms with Gasteiger partial charge in [0.2, 0.25) is 11.8 Å². The van der Waals surface area contributed by atoms with E-state index in [0.29, 0.717) is 49.6 Å². The van der Waals surface area contributed by atoms with E-state index in [0.717, 1.165) is 12.0 Å². The van der Waals surface area contributed by atoms with Crippen LogP contribution < -0.4 is 4.90 Å². The Kier molecular flexibility index (Phi) is 10.6. The second kappa shape index (κ2) is 14.2. The molecule has 2 aromatic rings. The third kappa shape index (κ3) is 6.13. The Morgan fingerprint density at radius 2 is 1.75 bits per heavy atom. The maximum absolute atomic E-state index is 14.7. The van der Waals surface area contributed by atoms with Crippen LogP contribution in [0.5, 0.6) is 0 Å². The lowest BCUT2D eigenvalue weighted by Gasteiger charge is -2.38. The van der Waals surface area contributed by atoms with Gasteiger partial charge in [-0.3, -0.25) is 14.4 Å². The predicted octanol–water partition coefficient (Wildman–Crippen LogP) is 5.70. The summed E-state index contributed by atoms with van der Waals surface area (Å²) < 4.78 is -0.761. The molecule has 3 aliphatic heterocycles. The van der Waals surface area contributed by atoms with Gasteiger partial charge in [0.15, 0.2) is 0 Å². The number of carbonyl (C=O) groups excluding carboxylic acids is 3. The Morgan fingerprint density at radius 1 is 1.05 bits per heavy atom. The minimum Gasteiger partial charge on any atom is -0.396 e. The molecule has 10 heteroatoms. The van der Waals surface area contributed by atoms with Crippen molar-refractivity contribution >= 4 is 62.7 Å². The zero-order valence-corrected chi connectivity index (χ0v) is 27.9. The molecular formula is C34H39BrClN3O4S. The van der Waals surface area contributed by atoms with Crippen molar-refractivity contribution < 1.29 is 19.5 Å². The molecule has 234 valence electrons. The van der Waals surface area contributed by atoms with Crippen LogP contribution in [0.15, 0.2) is 79.9 Å². The largest absolute Gasteiger partial charge is 0.396 e. The second-order valence-corrected chi connectivity index (χ2v) is 14.8. The molecule has 3 saturated heterocycles. The molecule has 0 radical (unpaired) electrons. The average molecular weight is 701 g/mol. The van der Waals surface area contributed by atoms with Crippen molar-refractivity contribution in [1.82, 2.24) is 9.80 Å². The summed E-state index contributed by atoms with van der Waals surface area (Å²) in [7, 11) is 0. The highest BCUT2D eigenvalue weighted by Crippen LogP contribution is 2.68. The summed E-state index contributed by atoms with van der Waals surface area (Å²) in [6.45, 7) is 9.29. The molecule has 0 saturated carbocycles. The number of aliphatic hydroxyl groups excluding tert-OH is 1. The van der Waals surface area contributed by atoms with E-state index in [4.69, 9.17) is 11.6 Å². The maximum Gasteiger partial charge on any atom is 0.251 e. The van der Waals surface area contributed by atoms with Crippen LogP contribution >= 0.6 is 39.3 Å². The number of halogens is 2. The van der Waals surface area contributed by atoms with E-state index >= 15 is 0 Å². The molecule has 3 aliphatic rings. The average Bonchev–Trinajstić information content (AvgIpc) is 3.61. The summed E-state index contributed by atoms with van der Waals surface area (Å²) in [5, 5.41) is 9.77. The number of hydrogen-bond donors (Lipinski definition) is 1. The second-order valence-electron chi connectivity index (χ2n) is 11.7. The standard InChI is InChI=1S/C34H39BrClN3O4S/c1-3-17-37(22-23-11-7-5-8-12-23)31(41)27-28-32(42)39(19-9-6-10-20-40)30(34(28)21-26(35)29(27)44-34)33(43)38(18-4-2)25-15-13-24(36)14-16-25/h3-5,7-8,11-16,26-30,40H,1-2,6,9-10,17-22H2/t26?,27-,28+,29-,30?,34?/m1/s1. The van der Waals surface area contributed by atoms with Gasteiger partial charge in [0, 0.05) is 53.6 Å². The van der Waals surface area contributed by atoms with Crippen molar-refractivity contribution in [2.75, 3.05) is 31.1 Å². The number of unbranched alkanes of at least 4 members (excludes halogenated alkanes) is 2. The number of likely N-dealkylation sites (tertiary alicyclic amines) is 1. The lowest BCUT2D eigenvalue weighted by atomic mass is 9.70. The van der Waals surface area contributed by atoms with Crippen LogP contribution in [-0.4, -0.2) is 79.7 Å². The summed E-state index contributed by atoms with van der Waals surface area (Å²) in [5.74, 6) is -1.59. The van der Waals surface area contributed by atoms with E-state index in [2.05, 4.69) is 29.1 Å². The zero-order valence-electron chi connectivity index (χ0n) is 24.7. The van der Waals surface area contributed by atoms with Crippen LogP contribution in [0.1, 0.15) is 31.2 Å². The number of aliphatic hydroxyl groups is 1. The van der Waals surface area contributed by atoms with Crippen molar-refractivity contribution in [3.63, 3.8) is 0 Å². The number of rotatable bonds is 14. The minimum absolute atomic E-state index is 0.0270. The quantitative estimate of drug-likeness (QED) is 0.156. The van der Waals surface area contributed by atoms with Gasteiger partial charge in [0.1, 0.15) is 6.04 Å². The highest BCUT2D eigenvalue weighted by Gasteiger charge is 2.76. The van der Waals surface area contributed by atoms with Crippen LogP contribution in [0.3, 0.4) is 0 Å². The van der Waals surface area contributed by atoms with Gasteiger partial charge in [0.25, 0.3) is 5.91 Å². The fourth-order valence-electron chi connectivity index (χ4n) is 7.13. The summed E-state index contributed by atoms with van der Waals surface area (Å²) >= 11 is 11.7. The molecular weight excluding hydrogens is 662 g/mol. The van der Waals surface area contributed by atoms with Gasteiger partial charge in [-0.1, -0.05) is 70.0 Å². The number of amides is 3. The monoisotopic (exact) mass is 699 g/mol. The first kappa shape index (κ1) is 32.8. The van der Waals surface area contributed by atoms with E-state index in [-0.39, 0.29) is 41.0 Å². The number of carbonyl (C=O) groups is 3. The van der Waals surface area contributed by atoms with Crippen molar-refractivity contribution in [2.24, 2.45) is 11.8 Å². The molecule has 2 bridgehead atoms. The normalized spacial score (nSPS) is 26.8. The number of fused-ring (bicyclic) bond motifs is 1. The third-order valence-corrected chi connectivity index (χ3v) is 12.4. The van der Waals surface area contributed by atoms with Gasteiger partial charge in [-0.05, 0) is 55.5 Å². The molecule has 3 heterocycles. The van der Waals surface area contributed by atoms with Crippen LogP contribution in [0.4, 0.5) is 5.69 Å². The van der Waals surface area contributed by atoms with Gasteiger partial charge in [-0.25, -0.2) is 0 Å². The van der Waals surface area contributed by atoms with E-state index in [1.54, 1.807) is 62.9 Å². The molecule has 5 rings (SSSR count). The fourth-order valence-corrected chi connectivity index (χ4v) is 10.9. The molecule has 3 unspecified atom stereocenters. The van der Waals surface area contributed by atoms with E-state index in [9.17, 15) is 19.5 Å². The Morgan fingerprint density at radius 3 is 2.41 bits per heavy atom. The van der Waals surface area contributed by atoms with Crippen molar-refractivity contribution in [3.05, 3.63) is 90.5 Å². The molecule has 0 aliphatic carbocycles. The first-order valence-electron chi connectivity index (χ1n) is 15.1. The Hall–Kier alpha value is -2.59. The van der Waals surface area contributed by atoms with Gasteiger partial charge in [0.05, 0.1) is 16.6 Å². The number of hydrogen-bond acceptors (Lipinski definition) is 5. The predicted molar refractivity (Wildman–Crippen MR) is 181 cm³/mol. The first-order chi connectivity index (χ1) is 21.3. The molecule has 1 N–H and O–H groups in total. The third-order valence-electron chi connectivity index (χ3n) is 8.96. The number of nitrogens with zero attached hydrogens (tertiary/aromatic N) is 3. The molecule has 2 aromatic carbocycles. The number of benzene rings is 2. The van der Waals surface area contributed by atoms with Crippen LogP contribution in [0, 0.1) is 11.8 Å².